The van der Waals surface area contributed by atoms with Gasteiger partial charge in [-0.2, -0.15) is 4.98 Å². The molecule has 0 saturated heterocycles. The van der Waals surface area contributed by atoms with E-state index in [2.05, 4.69) is 21.6 Å². The summed E-state index contributed by atoms with van der Waals surface area (Å²) in [5.41, 5.74) is 5.47. The molecule has 0 amide bonds. The SMILES string of the molecule is Cc1c2c(c(C)n1CCCc1nc(-c3ccccc3)no1)N([O-])N(c1ccccc1)C=C2. The molecule has 0 spiro atoms. The third-order valence-electron chi connectivity index (χ3n) is 5.86. The van der Waals surface area contributed by atoms with Gasteiger partial charge in [-0.25, -0.2) is 0 Å². The summed E-state index contributed by atoms with van der Waals surface area (Å²) in [5, 5.41) is 19.9. The second kappa shape index (κ2) is 8.36. The summed E-state index contributed by atoms with van der Waals surface area (Å²) >= 11 is 0. The van der Waals surface area contributed by atoms with E-state index < -0.39 is 0 Å². The van der Waals surface area contributed by atoms with Gasteiger partial charge in [0.1, 0.15) is 0 Å². The first-order valence-electron chi connectivity index (χ1n) is 10.7. The molecule has 2 aromatic heterocycles. The highest BCUT2D eigenvalue weighted by molar-refractivity contribution is 5.81. The quantitative estimate of drug-likeness (QED) is 0.405. The lowest BCUT2D eigenvalue weighted by molar-refractivity contribution is 0.372. The van der Waals surface area contributed by atoms with Gasteiger partial charge in [0.05, 0.1) is 11.4 Å². The molecule has 7 heteroatoms. The van der Waals surface area contributed by atoms with Crippen LogP contribution in [0.4, 0.5) is 11.4 Å². The van der Waals surface area contributed by atoms with Crippen molar-refractivity contribution in [3.05, 3.63) is 94.9 Å². The van der Waals surface area contributed by atoms with E-state index in [9.17, 15) is 5.21 Å². The van der Waals surface area contributed by atoms with Crippen LogP contribution in [0, 0.1) is 19.1 Å². The fourth-order valence-corrected chi connectivity index (χ4v) is 4.20. The van der Waals surface area contributed by atoms with E-state index in [1.165, 1.54) is 0 Å². The van der Waals surface area contributed by atoms with Crippen LogP contribution in [0.3, 0.4) is 0 Å². The van der Waals surface area contributed by atoms with Crippen LogP contribution in [0.15, 0.2) is 71.4 Å². The fourth-order valence-electron chi connectivity index (χ4n) is 4.20. The van der Waals surface area contributed by atoms with E-state index in [0.29, 0.717) is 23.8 Å². The Morgan fingerprint density at radius 2 is 1.66 bits per heavy atom. The van der Waals surface area contributed by atoms with Crippen LogP contribution >= 0.6 is 0 Å². The zero-order valence-electron chi connectivity index (χ0n) is 18.1. The van der Waals surface area contributed by atoms with E-state index in [1.54, 1.807) is 5.01 Å². The van der Waals surface area contributed by atoms with Crippen molar-refractivity contribution in [2.45, 2.75) is 33.2 Å². The molecule has 0 unspecified atom stereocenters. The number of fused-ring (bicyclic) bond motifs is 1. The molecule has 32 heavy (non-hydrogen) atoms. The molecule has 0 bridgehead atoms. The van der Waals surface area contributed by atoms with Crippen molar-refractivity contribution in [1.82, 2.24) is 14.7 Å². The minimum Gasteiger partial charge on any atom is -0.738 e. The Morgan fingerprint density at radius 1 is 0.938 bits per heavy atom. The molecular formula is C25H24N5O2-. The highest BCUT2D eigenvalue weighted by Gasteiger charge is 2.23. The number of rotatable bonds is 6. The standard InChI is InChI=1S/C25H24N5O2/c1-18-22-15-17-29(21-12-7-4-8-13-21)30(31)24(22)19(2)28(18)16-9-14-23-26-25(27-32-23)20-10-5-3-6-11-20/h3-8,10-13,15,17H,9,14,16H2,1-2H3/q-1. The molecule has 7 nitrogen and oxygen atoms in total. The number of nitrogens with zero attached hydrogens (tertiary/aromatic N) is 5. The van der Waals surface area contributed by atoms with E-state index >= 15 is 0 Å². The fraction of sp³-hybridized carbons (Fsp3) is 0.200. The average molecular weight is 427 g/mol. The molecule has 2 aromatic carbocycles. The van der Waals surface area contributed by atoms with Gasteiger partial charge in [-0.3, -0.25) is 5.01 Å². The van der Waals surface area contributed by atoms with Gasteiger partial charge in [0.2, 0.25) is 11.7 Å². The summed E-state index contributed by atoms with van der Waals surface area (Å²) in [6.07, 6.45) is 5.34. The monoisotopic (exact) mass is 426 g/mol. The molecule has 0 radical (unpaired) electrons. The Balaban J connectivity index is 1.30. The lowest BCUT2D eigenvalue weighted by Gasteiger charge is -2.43. The first-order valence-corrected chi connectivity index (χ1v) is 10.7. The third kappa shape index (κ3) is 3.56. The van der Waals surface area contributed by atoms with E-state index in [0.717, 1.165) is 46.3 Å². The first kappa shape index (κ1) is 20.1. The topological polar surface area (TPSA) is 73.4 Å². The molecule has 0 aliphatic carbocycles. The van der Waals surface area contributed by atoms with Crippen molar-refractivity contribution in [2.75, 3.05) is 10.2 Å². The Morgan fingerprint density at radius 3 is 2.41 bits per heavy atom. The van der Waals surface area contributed by atoms with Crippen molar-refractivity contribution in [3.63, 3.8) is 0 Å². The number of hydrazine groups is 1. The maximum absolute atomic E-state index is 13.2. The highest BCUT2D eigenvalue weighted by atomic mass is 16.5. The van der Waals surface area contributed by atoms with Crippen LogP contribution in [0.2, 0.25) is 0 Å². The normalized spacial score (nSPS) is 13.0. The molecule has 5 rings (SSSR count). The van der Waals surface area contributed by atoms with E-state index in [1.807, 2.05) is 79.9 Å². The summed E-state index contributed by atoms with van der Waals surface area (Å²) < 4.78 is 7.63. The molecule has 0 atom stereocenters. The molecule has 1 aliphatic rings. The summed E-state index contributed by atoms with van der Waals surface area (Å²) in [4.78, 5) is 4.51. The summed E-state index contributed by atoms with van der Waals surface area (Å²) in [6, 6.07) is 19.4. The number of benzene rings is 2. The maximum Gasteiger partial charge on any atom is 0.227 e. The minimum atomic E-state index is 0.609. The Kier molecular flexibility index (Phi) is 5.25. The molecular weight excluding hydrogens is 402 g/mol. The van der Waals surface area contributed by atoms with Gasteiger partial charge in [0.25, 0.3) is 0 Å². The average Bonchev–Trinajstić information content (AvgIpc) is 3.39. The van der Waals surface area contributed by atoms with Crippen LogP contribution in [0.5, 0.6) is 0 Å². The van der Waals surface area contributed by atoms with Crippen LogP contribution in [-0.4, -0.2) is 14.7 Å². The van der Waals surface area contributed by atoms with Crippen molar-refractivity contribution in [3.8, 4) is 11.4 Å². The van der Waals surface area contributed by atoms with Crippen molar-refractivity contribution < 1.29 is 4.52 Å². The van der Waals surface area contributed by atoms with Gasteiger partial charge >= 0.3 is 0 Å². The summed E-state index contributed by atoms with van der Waals surface area (Å²) in [5.74, 6) is 1.23. The Labute approximate surface area is 186 Å². The molecule has 0 N–H and O–H groups in total. The Bertz CT molecular complexity index is 1240. The summed E-state index contributed by atoms with van der Waals surface area (Å²) in [6.45, 7) is 4.82. The van der Waals surface area contributed by atoms with Crippen LogP contribution < -0.4 is 10.2 Å². The van der Waals surface area contributed by atoms with Crippen molar-refractivity contribution in [1.29, 1.82) is 0 Å². The zero-order valence-corrected chi connectivity index (χ0v) is 18.1. The van der Waals surface area contributed by atoms with Crippen LogP contribution in [0.1, 0.15) is 29.3 Å². The minimum absolute atomic E-state index is 0.609. The largest absolute Gasteiger partial charge is 0.738 e. The van der Waals surface area contributed by atoms with Gasteiger partial charge < -0.3 is 19.5 Å². The smallest absolute Gasteiger partial charge is 0.227 e. The second-order valence-corrected chi connectivity index (χ2v) is 7.83. The van der Waals surface area contributed by atoms with Gasteiger partial charge in [-0.05, 0) is 38.5 Å². The van der Waals surface area contributed by atoms with Gasteiger partial charge in [0, 0.05) is 41.7 Å². The van der Waals surface area contributed by atoms with E-state index in [4.69, 9.17) is 4.52 Å². The predicted octanol–water partition coefficient (Wildman–Crippen LogP) is 5.50. The maximum atomic E-state index is 13.2. The molecule has 0 fully saturated rings. The number of hydrogen-bond donors (Lipinski definition) is 0. The van der Waals surface area contributed by atoms with Gasteiger partial charge in [0.15, 0.2) is 0 Å². The van der Waals surface area contributed by atoms with Crippen molar-refractivity contribution >= 4 is 17.5 Å². The molecule has 4 aromatic rings. The first-order chi connectivity index (χ1) is 15.6. The molecule has 162 valence electrons. The van der Waals surface area contributed by atoms with E-state index in [-0.39, 0.29) is 0 Å². The molecule has 0 saturated carbocycles. The third-order valence-corrected chi connectivity index (χ3v) is 5.86. The highest BCUT2D eigenvalue weighted by Crippen LogP contribution is 2.37. The van der Waals surface area contributed by atoms with Gasteiger partial charge in [-0.1, -0.05) is 53.7 Å². The predicted molar refractivity (Wildman–Crippen MR) is 126 cm³/mol. The zero-order chi connectivity index (χ0) is 22.1. The van der Waals surface area contributed by atoms with Crippen molar-refractivity contribution in [2.24, 2.45) is 0 Å². The van der Waals surface area contributed by atoms with Crippen LogP contribution in [-0.2, 0) is 13.0 Å². The van der Waals surface area contributed by atoms with Gasteiger partial charge in [-0.15, -0.1) is 0 Å². The molecule has 3 heterocycles. The number of hydrogen-bond acceptors (Lipinski definition) is 6. The van der Waals surface area contributed by atoms with Crippen LogP contribution in [0.25, 0.3) is 17.5 Å². The number of anilines is 2. The Hall–Kier alpha value is -3.84. The number of aryl methyl sites for hydroxylation is 1. The second-order valence-electron chi connectivity index (χ2n) is 7.83. The number of aromatic nitrogens is 3. The summed E-state index contributed by atoms with van der Waals surface area (Å²) in [7, 11) is 0. The number of para-hydroxylation sites is 1. The molecule has 1 aliphatic heterocycles. The lowest BCUT2D eigenvalue weighted by atomic mass is 10.1. The lowest BCUT2D eigenvalue weighted by Crippen LogP contribution is -2.36.